The highest BCUT2D eigenvalue weighted by Gasteiger charge is 2.27. The summed E-state index contributed by atoms with van der Waals surface area (Å²) in [4.78, 5) is -0.0389. The van der Waals surface area contributed by atoms with E-state index in [1.807, 2.05) is 20.8 Å². The predicted octanol–water partition coefficient (Wildman–Crippen LogP) is 3.39. The molecular formula is C10H16Cl2N2O2S. The third kappa shape index (κ3) is 3.14. The number of aryl methyl sites for hydroxylation is 1. The number of hydrogen-bond acceptors (Lipinski definition) is 3. The topological polar surface area (TPSA) is 52.0 Å². The molecule has 0 amide bonds. The van der Waals surface area contributed by atoms with E-state index in [-0.39, 0.29) is 16.1 Å². The van der Waals surface area contributed by atoms with Crippen molar-refractivity contribution in [1.82, 2.24) is 9.78 Å². The Bertz CT molecular complexity index is 497. The fraction of sp³-hybridized carbons (Fsp3) is 0.700. The minimum absolute atomic E-state index is 0.0389. The summed E-state index contributed by atoms with van der Waals surface area (Å²) in [6, 6.07) is 0.0465. The van der Waals surface area contributed by atoms with E-state index in [0.29, 0.717) is 12.1 Å². The fourth-order valence-corrected chi connectivity index (χ4v) is 3.49. The molecule has 7 heteroatoms. The van der Waals surface area contributed by atoms with E-state index >= 15 is 0 Å². The monoisotopic (exact) mass is 298 g/mol. The van der Waals surface area contributed by atoms with Crippen LogP contribution in [0.15, 0.2) is 4.90 Å². The highest BCUT2D eigenvalue weighted by molar-refractivity contribution is 8.13. The van der Waals surface area contributed by atoms with Gasteiger partial charge in [0.1, 0.15) is 10.0 Å². The van der Waals surface area contributed by atoms with E-state index in [0.717, 1.165) is 12.8 Å². The molecular weight excluding hydrogens is 283 g/mol. The van der Waals surface area contributed by atoms with Crippen molar-refractivity contribution in [1.29, 1.82) is 0 Å². The second kappa shape index (κ2) is 5.59. The molecule has 4 nitrogen and oxygen atoms in total. The molecule has 0 saturated heterocycles. The summed E-state index contributed by atoms with van der Waals surface area (Å²) in [5.74, 6) is 0. The second-order valence-electron chi connectivity index (χ2n) is 3.96. The molecule has 17 heavy (non-hydrogen) atoms. The summed E-state index contributed by atoms with van der Waals surface area (Å²) in [5.41, 5.74) is 0.452. The first-order valence-electron chi connectivity index (χ1n) is 5.54. The first kappa shape index (κ1) is 14.8. The van der Waals surface area contributed by atoms with E-state index in [9.17, 15) is 8.42 Å². The molecule has 1 aromatic heterocycles. The maximum Gasteiger partial charge on any atom is 0.266 e. The number of halogens is 2. The lowest BCUT2D eigenvalue weighted by Gasteiger charge is -2.09. The SMILES string of the molecule is CCCc1nn(C(C)CC)c(Cl)c1S(=O)(=O)Cl. The molecule has 0 saturated carbocycles. The Labute approximate surface area is 111 Å². The molecule has 1 heterocycles. The van der Waals surface area contributed by atoms with Gasteiger partial charge in [-0.05, 0) is 19.8 Å². The summed E-state index contributed by atoms with van der Waals surface area (Å²) in [7, 11) is 1.55. The van der Waals surface area contributed by atoms with Crippen molar-refractivity contribution in [2.45, 2.75) is 51.0 Å². The normalized spacial score (nSPS) is 13.9. The van der Waals surface area contributed by atoms with Gasteiger partial charge >= 0.3 is 0 Å². The molecule has 0 aliphatic rings. The van der Waals surface area contributed by atoms with Gasteiger partial charge in [-0.1, -0.05) is 31.9 Å². The van der Waals surface area contributed by atoms with Gasteiger partial charge in [0, 0.05) is 10.7 Å². The zero-order chi connectivity index (χ0) is 13.2. The van der Waals surface area contributed by atoms with Crippen molar-refractivity contribution in [3.8, 4) is 0 Å². The van der Waals surface area contributed by atoms with Crippen LogP contribution in [0.2, 0.25) is 5.15 Å². The average molecular weight is 299 g/mol. The number of hydrogen-bond donors (Lipinski definition) is 0. The van der Waals surface area contributed by atoms with Crippen molar-refractivity contribution in [3.63, 3.8) is 0 Å². The van der Waals surface area contributed by atoms with Gasteiger partial charge in [0.2, 0.25) is 0 Å². The minimum atomic E-state index is -3.85. The average Bonchev–Trinajstić information content (AvgIpc) is 2.54. The van der Waals surface area contributed by atoms with Crippen LogP contribution in [0.4, 0.5) is 0 Å². The molecule has 0 N–H and O–H groups in total. The molecule has 1 aromatic rings. The van der Waals surface area contributed by atoms with E-state index in [4.69, 9.17) is 22.3 Å². The zero-order valence-corrected chi connectivity index (χ0v) is 12.4. The first-order chi connectivity index (χ1) is 7.82. The van der Waals surface area contributed by atoms with Crippen LogP contribution in [-0.4, -0.2) is 18.2 Å². The van der Waals surface area contributed by atoms with Crippen molar-refractivity contribution in [2.24, 2.45) is 0 Å². The lowest BCUT2D eigenvalue weighted by Crippen LogP contribution is -2.06. The van der Waals surface area contributed by atoms with Crippen LogP contribution in [-0.2, 0) is 15.5 Å². The highest BCUT2D eigenvalue weighted by Crippen LogP contribution is 2.31. The molecule has 0 bridgehead atoms. The van der Waals surface area contributed by atoms with Gasteiger partial charge < -0.3 is 0 Å². The van der Waals surface area contributed by atoms with Crippen molar-refractivity contribution >= 4 is 31.3 Å². The predicted molar refractivity (Wildman–Crippen MR) is 69.3 cm³/mol. The third-order valence-electron chi connectivity index (χ3n) is 2.62. The molecule has 0 spiro atoms. The summed E-state index contributed by atoms with van der Waals surface area (Å²) in [6.07, 6.45) is 2.15. The Morgan fingerprint density at radius 2 is 2.00 bits per heavy atom. The lowest BCUT2D eigenvalue weighted by molar-refractivity contribution is 0.473. The van der Waals surface area contributed by atoms with Crippen LogP contribution in [0.3, 0.4) is 0 Å². The quantitative estimate of drug-likeness (QED) is 0.783. The molecule has 0 aliphatic heterocycles. The number of nitrogens with zero attached hydrogens (tertiary/aromatic N) is 2. The van der Waals surface area contributed by atoms with Crippen molar-refractivity contribution in [3.05, 3.63) is 10.8 Å². The van der Waals surface area contributed by atoms with Crippen LogP contribution in [0.25, 0.3) is 0 Å². The summed E-state index contributed by atoms with van der Waals surface area (Å²) < 4.78 is 24.5. The molecule has 1 atom stereocenters. The van der Waals surface area contributed by atoms with E-state index < -0.39 is 9.05 Å². The van der Waals surface area contributed by atoms with Crippen molar-refractivity contribution < 1.29 is 8.42 Å². The Morgan fingerprint density at radius 3 is 2.41 bits per heavy atom. The molecule has 98 valence electrons. The Morgan fingerprint density at radius 1 is 1.41 bits per heavy atom. The summed E-state index contributed by atoms with van der Waals surface area (Å²) in [6.45, 7) is 5.86. The maximum absolute atomic E-state index is 11.5. The molecule has 0 radical (unpaired) electrons. The summed E-state index contributed by atoms with van der Waals surface area (Å²) >= 11 is 6.06. The third-order valence-corrected chi connectivity index (χ3v) is 4.47. The maximum atomic E-state index is 11.5. The van der Waals surface area contributed by atoms with Gasteiger partial charge in [-0.3, -0.25) is 0 Å². The van der Waals surface area contributed by atoms with Gasteiger partial charge in [-0.15, -0.1) is 0 Å². The standard InChI is InChI=1S/C10H16Cl2N2O2S/c1-4-6-8-9(17(12,15)16)10(11)14(13-8)7(3)5-2/h7H,4-6H2,1-3H3. The Balaban J connectivity index is 3.41. The Kier molecular flexibility index (Phi) is 4.86. The van der Waals surface area contributed by atoms with E-state index in [2.05, 4.69) is 5.10 Å². The fourth-order valence-electron chi connectivity index (χ4n) is 1.55. The molecule has 0 fully saturated rings. The van der Waals surface area contributed by atoms with Crippen LogP contribution >= 0.6 is 22.3 Å². The van der Waals surface area contributed by atoms with Gasteiger partial charge in [0.05, 0.1) is 11.7 Å². The van der Waals surface area contributed by atoms with Crippen LogP contribution in [0, 0.1) is 0 Å². The van der Waals surface area contributed by atoms with Crippen LogP contribution in [0.5, 0.6) is 0 Å². The zero-order valence-electron chi connectivity index (χ0n) is 10.1. The number of rotatable bonds is 5. The summed E-state index contributed by atoms with van der Waals surface area (Å²) in [5, 5.41) is 4.37. The van der Waals surface area contributed by atoms with Gasteiger partial charge in [-0.25, -0.2) is 13.1 Å². The van der Waals surface area contributed by atoms with E-state index in [1.165, 1.54) is 4.68 Å². The van der Waals surface area contributed by atoms with Crippen LogP contribution < -0.4 is 0 Å². The van der Waals surface area contributed by atoms with Gasteiger partial charge in [0.25, 0.3) is 9.05 Å². The smallest absolute Gasteiger partial charge is 0.250 e. The van der Waals surface area contributed by atoms with E-state index in [1.54, 1.807) is 0 Å². The Hall–Kier alpha value is -0.260. The van der Waals surface area contributed by atoms with Crippen LogP contribution in [0.1, 0.15) is 45.3 Å². The first-order valence-corrected chi connectivity index (χ1v) is 8.23. The number of aromatic nitrogens is 2. The molecule has 1 unspecified atom stereocenters. The minimum Gasteiger partial charge on any atom is -0.250 e. The highest BCUT2D eigenvalue weighted by atomic mass is 35.7. The lowest BCUT2D eigenvalue weighted by atomic mass is 10.2. The molecule has 1 rings (SSSR count). The van der Waals surface area contributed by atoms with Gasteiger partial charge in [0.15, 0.2) is 0 Å². The second-order valence-corrected chi connectivity index (χ2v) is 6.82. The molecule has 0 aromatic carbocycles. The van der Waals surface area contributed by atoms with Crippen molar-refractivity contribution in [2.75, 3.05) is 0 Å². The molecule has 0 aliphatic carbocycles. The largest absolute Gasteiger partial charge is 0.266 e. The van der Waals surface area contributed by atoms with Gasteiger partial charge in [-0.2, -0.15) is 5.10 Å².